The number of rotatable bonds is 6. The second-order valence-electron chi connectivity index (χ2n) is 3.59. The lowest BCUT2D eigenvalue weighted by Gasteiger charge is -2.11. The molecule has 1 aromatic carbocycles. The molecule has 0 heterocycles. The van der Waals surface area contributed by atoms with Crippen LogP contribution in [-0.2, 0) is 6.61 Å². The summed E-state index contributed by atoms with van der Waals surface area (Å²) in [6, 6.07) is 1.84. The van der Waals surface area contributed by atoms with Crippen molar-refractivity contribution in [2.45, 2.75) is 32.8 Å². The van der Waals surface area contributed by atoms with E-state index in [0.29, 0.717) is 6.61 Å². The van der Waals surface area contributed by atoms with Gasteiger partial charge in [0, 0.05) is 11.6 Å². The number of hydrogen-bond acceptors (Lipinski definition) is 2. The second-order valence-corrected chi connectivity index (χ2v) is 3.59. The summed E-state index contributed by atoms with van der Waals surface area (Å²) in [4.78, 5) is 0. The van der Waals surface area contributed by atoms with E-state index in [4.69, 9.17) is 9.84 Å². The summed E-state index contributed by atoms with van der Waals surface area (Å²) in [5.41, 5.74) is 0.147. The van der Waals surface area contributed by atoms with Crippen molar-refractivity contribution in [3.8, 4) is 5.75 Å². The molecule has 0 aliphatic carbocycles. The Morgan fingerprint density at radius 3 is 2.62 bits per heavy atom. The minimum atomic E-state index is -0.763. The molecule has 0 unspecified atom stereocenters. The molecule has 0 aliphatic rings. The van der Waals surface area contributed by atoms with Crippen molar-refractivity contribution < 1.29 is 18.6 Å². The Morgan fingerprint density at radius 1 is 1.25 bits per heavy atom. The Bertz CT molecular complexity index is 340. The SMILES string of the molecule is CCCCCOc1c(F)cc(F)cc1CO. The fourth-order valence-electron chi connectivity index (χ4n) is 1.42. The molecule has 0 spiro atoms. The molecular formula is C12H16F2O2. The monoisotopic (exact) mass is 230 g/mol. The quantitative estimate of drug-likeness (QED) is 0.761. The Hall–Kier alpha value is -1.16. The number of benzene rings is 1. The van der Waals surface area contributed by atoms with Crippen molar-refractivity contribution >= 4 is 0 Å². The third-order valence-corrected chi connectivity index (χ3v) is 2.25. The van der Waals surface area contributed by atoms with Crippen molar-refractivity contribution in [1.82, 2.24) is 0 Å². The van der Waals surface area contributed by atoms with Crippen LogP contribution in [0, 0.1) is 11.6 Å². The van der Waals surface area contributed by atoms with Gasteiger partial charge in [0.25, 0.3) is 0 Å². The summed E-state index contributed by atoms with van der Waals surface area (Å²) in [7, 11) is 0. The summed E-state index contributed by atoms with van der Waals surface area (Å²) in [5, 5.41) is 8.96. The lowest BCUT2D eigenvalue weighted by Crippen LogP contribution is -2.03. The first-order valence-corrected chi connectivity index (χ1v) is 5.40. The molecule has 90 valence electrons. The third kappa shape index (κ3) is 3.45. The molecule has 0 amide bonds. The fraction of sp³-hybridized carbons (Fsp3) is 0.500. The number of hydrogen-bond donors (Lipinski definition) is 1. The second kappa shape index (κ2) is 6.43. The van der Waals surface area contributed by atoms with Crippen LogP contribution in [0.4, 0.5) is 8.78 Å². The van der Waals surface area contributed by atoms with Crippen LogP contribution in [0.3, 0.4) is 0 Å². The van der Waals surface area contributed by atoms with Gasteiger partial charge in [-0.15, -0.1) is 0 Å². The molecule has 0 atom stereocenters. The number of ether oxygens (including phenoxy) is 1. The van der Waals surface area contributed by atoms with Crippen molar-refractivity contribution in [3.05, 3.63) is 29.3 Å². The topological polar surface area (TPSA) is 29.5 Å². The largest absolute Gasteiger partial charge is 0.490 e. The number of aliphatic hydroxyl groups is 1. The molecule has 0 radical (unpaired) electrons. The molecule has 4 heteroatoms. The van der Waals surface area contributed by atoms with E-state index in [9.17, 15) is 8.78 Å². The summed E-state index contributed by atoms with van der Waals surface area (Å²) in [5.74, 6) is -1.51. The first-order valence-electron chi connectivity index (χ1n) is 5.40. The van der Waals surface area contributed by atoms with E-state index in [1.807, 2.05) is 0 Å². The van der Waals surface area contributed by atoms with E-state index < -0.39 is 18.2 Å². The van der Waals surface area contributed by atoms with Gasteiger partial charge >= 0.3 is 0 Å². The molecule has 1 aromatic rings. The van der Waals surface area contributed by atoms with Crippen LogP contribution in [0.25, 0.3) is 0 Å². The lowest BCUT2D eigenvalue weighted by atomic mass is 10.2. The van der Waals surface area contributed by atoms with Gasteiger partial charge in [-0.2, -0.15) is 0 Å². The van der Waals surface area contributed by atoms with Crippen LogP contribution in [0.15, 0.2) is 12.1 Å². The van der Waals surface area contributed by atoms with Crippen LogP contribution < -0.4 is 4.74 Å². The van der Waals surface area contributed by atoms with Gasteiger partial charge < -0.3 is 9.84 Å². The maximum absolute atomic E-state index is 13.3. The van der Waals surface area contributed by atoms with Crippen LogP contribution in [0.1, 0.15) is 31.7 Å². The maximum atomic E-state index is 13.3. The summed E-state index contributed by atoms with van der Waals surface area (Å²) in [6.07, 6.45) is 2.86. The van der Waals surface area contributed by atoms with Crippen LogP contribution >= 0.6 is 0 Å². The van der Waals surface area contributed by atoms with E-state index in [-0.39, 0.29) is 11.3 Å². The lowest BCUT2D eigenvalue weighted by molar-refractivity contribution is 0.252. The molecule has 0 saturated heterocycles. The number of aliphatic hydroxyl groups excluding tert-OH is 1. The van der Waals surface area contributed by atoms with E-state index >= 15 is 0 Å². The molecule has 0 bridgehead atoms. The highest BCUT2D eigenvalue weighted by Gasteiger charge is 2.11. The fourth-order valence-corrected chi connectivity index (χ4v) is 1.42. The summed E-state index contributed by atoms with van der Waals surface area (Å²) < 4.78 is 31.4. The standard InChI is InChI=1S/C12H16F2O2/c1-2-3-4-5-16-12-9(8-15)6-10(13)7-11(12)14/h6-7,15H,2-5,8H2,1H3. The Balaban J connectivity index is 2.70. The first-order chi connectivity index (χ1) is 7.69. The highest BCUT2D eigenvalue weighted by molar-refractivity contribution is 5.35. The van der Waals surface area contributed by atoms with Gasteiger partial charge in [0.05, 0.1) is 13.2 Å². The van der Waals surface area contributed by atoms with Crippen LogP contribution in [-0.4, -0.2) is 11.7 Å². The van der Waals surface area contributed by atoms with Crippen molar-refractivity contribution in [2.24, 2.45) is 0 Å². The van der Waals surface area contributed by atoms with Gasteiger partial charge in [0.1, 0.15) is 5.82 Å². The Kier molecular flexibility index (Phi) is 5.19. The summed E-state index contributed by atoms with van der Waals surface area (Å²) in [6.45, 7) is 2.00. The highest BCUT2D eigenvalue weighted by atomic mass is 19.1. The van der Waals surface area contributed by atoms with Crippen molar-refractivity contribution in [2.75, 3.05) is 6.61 Å². The normalized spacial score (nSPS) is 10.5. The zero-order valence-corrected chi connectivity index (χ0v) is 9.30. The molecule has 0 saturated carbocycles. The predicted octanol–water partition coefficient (Wildman–Crippen LogP) is 3.03. The molecule has 16 heavy (non-hydrogen) atoms. The van der Waals surface area contributed by atoms with E-state index in [1.165, 1.54) is 0 Å². The van der Waals surface area contributed by atoms with E-state index in [0.717, 1.165) is 31.4 Å². The Labute approximate surface area is 93.9 Å². The van der Waals surface area contributed by atoms with Gasteiger partial charge in [0.15, 0.2) is 11.6 Å². The highest BCUT2D eigenvalue weighted by Crippen LogP contribution is 2.24. The zero-order chi connectivity index (χ0) is 12.0. The average molecular weight is 230 g/mol. The van der Waals surface area contributed by atoms with Gasteiger partial charge in [0.2, 0.25) is 0 Å². The van der Waals surface area contributed by atoms with E-state index in [2.05, 4.69) is 6.92 Å². The molecule has 2 nitrogen and oxygen atoms in total. The first kappa shape index (κ1) is 12.9. The predicted molar refractivity (Wildman–Crippen MR) is 57.3 cm³/mol. The van der Waals surface area contributed by atoms with Crippen molar-refractivity contribution in [1.29, 1.82) is 0 Å². The van der Waals surface area contributed by atoms with Gasteiger partial charge in [-0.1, -0.05) is 19.8 Å². The molecule has 0 aliphatic heterocycles. The van der Waals surface area contributed by atoms with Gasteiger partial charge in [-0.25, -0.2) is 8.78 Å². The third-order valence-electron chi connectivity index (χ3n) is 2.25. The summed E-state index contributed by atoms with van der Waals surface area (Å²) >= 11 is 0. The zero-order valence-electron chi connectivity index (χ0n) is 9.30. The Morgan fingerprint density at radius 2 is 2.00 bits per heavy atom. The molecular weight excluding hydrogens is 214 g/mol. The van der Waals surface area contributed by atoms with E-state index in [1.54, 1.807) is 0 Å². The average Bonchev–Trinajstić information content (AvgIpc) is 2.26. The van der Waals surface area contributed by atoms with Crippen LogP contribution in [0.5, 0.6) is 5.75 Å². The molecule has 0 fully saturated rings. The minimum Gasteiger partial charge on any atom is -0.490 e. The number of unbranched alkanes of at least 4 members (excludes halogenated alkanes) is 2. The van der Waals surface area contributed by atoms with Gasteiger partial charge in [-0.05, 0) is 12.5 Å². The molecule has 0 aromatic heterocycles. The number of halogens is 2. The smallest absolute Gasteiger partial charge is 0.168 e. The minimum absolute atomic E-state index is 0.0417. The molecule has 1 N–H and O–H groups in total. The maximum Gasteiger partial charge on any atom is 0.168 e. The van der Waals surface area contributed by atoms with Crippen molar-refractivity contribution in [3.63, 3.8) is 0 Å². The molecule has 1 rings (SSSR count). The van der Waals surface area contributed by atoms with Gasteiger partial charge in [-0.3, -0.25) is 0 Å². The van der Waals surface area contributed by atoms with Crippen LogP contribution in [0.2, 0.25) is 0 Å².